The predicted molar refractivity (Wildman–Crippen MR) is 128 cm³/mol. The lowest BCUT2D eigenvalue weighted by molar-refractivity contribution is 0.0888. The number of rotatable bonds is 12. The molecule has 7 heteroatoms. The van der Waals surface area contributed by atoms with Gasteiger partial charge >= 0.3 is 0 Å². The largest absolute Gasteiger partial charge is 0.381 e. The number of aliphatic imine (C=N–C) groups is 1. The first-order valence-corrected chi connectivity index (χ1v) is 10.2. The summed E-state index contributed by atoms with van der Waals surface area (Å²) in [5.74, 6) is 1.48. The Labute approximate surface area is 187 Å². The van der Waals surface area contributed by atoms with Crippen molar-refractivity contribution in [3.63, 3.8) is 0 Å². The fourth-order valence-corrected chi connectivity index (χ4v) is 3.00. The molecule has 28 heavy (non-hydrogen) atoms. The van der Waals surface area contributed by atoms with Crippen molar-refractivity contribution in [2.75, 3.05) is 64.6 Å². The molecule has 6 nitrogen and oxygen atoms in total. The third-order valence-electron chi connectivity index (χ3n) is 4.60. The molecule has 1 aromatic carbocycles. The van der Waals surface area contributed by atoms with Crippen LogP contribution in [0, 0.1) is 5.92 Å². The normalized spacial score (nSPS) is 16.5. The average Bonchev–Trinajstić information content (AvgIpc) is 3.21. The van der Waals surface area contributed by atoms with Gasteiger partial charge in [0.1, 0.15) is 0 Å². The van der Waals surface area contributed by atoms with Crippen LogP contribution in [0.1, 0.15) is 26.2 Å². The number of nitrogens with zero attached hydrogens (tertiary/aromatic N) is 2. The van der Waals surface area contributed by atoms with Crippen LogP contribution >= 0.6 is 24.0 Å². The molecule has 1 aliphatic heterocycles. The Hall–Kier alpha value is -1.06. The molecule has 0 aromatic heterocycles. The van der Waals surface area contributed by atoms with Crippen LogP contribution in [0.2, 0.25) is 0 Å². The highest BCUT2D eigenvalue weighted by atomic mass is 127. The van der Waals surface area contributed by atoms with Crippen LogP contribution < -0.4 is 15.5 Å². The molecule has 2 N–H and O–H groups in total. The molecule has 160 valence electrons. The number of hydrogen-bond donors (Lipinski definition) is 2. The summed E-state index contributed by atoms with van der Waals surface area (Å²) in [5, 5.41) is 6.70. The van der Waals surface area contributed by atoms with Gasteiger partial charge in [0.05, 0.1) is 13.2 Å². The number of para-hydroxylation sites is 1. The highest BCUT2D eigenvalue weighted by molar-refractivity contribution is 14.0. The third-order valence-corrected chi connectivity index (χ3v) is 4.60. The monoisotopic (exact) mass is 504 g/mol. The highest BCUT2D eigenvalue weighted by Gasteiger charge is 2.15. The topological polar surface area (TPSA) is 58.1 Å². The number of guanidine groups is 1. The Morgan fingerprint density at radius 2 is 2.07 bits per heavy atom. The Kier molecular flexibility index (Phi) is 14.1. The van der Waals surface area contributed by atoms with Gasteiger partial charge in [-0.3, -0.25) is 4.99 Å². The zero-order valence-electron chi connectivity index (χ0n) is 17.4. The van der Waals surface area contributed by atoms with E-state index in [1.165, 1.54) is 5.69 Å². The van der Waals surface area contributed by atoms with E-state index in [4.69, 9.17) is 9.47 Å². The Balaban J connectivity index is 0.00000392. The van der Waals surface area contributed by atoms with Crippen molar-refractivity contribution in [3.05, 3.63) is 30.3 Å². The molecule has 1 saturated heterocycles. The maximum absolute atomic E-state index is 5.74. The SMILES string of the molecule is CCNC(=NCCCN(C)c1ccccc1)NCCCOCC1CCOC1.I. The van der Waals surface area contributed by atoms with Gasteiger partial charge in [-0.25, -0.2) is 0 Å². The molecule has 0 amide bonds. The Bertz CT molecular complexity index is 524. The molecular weight excluding hydrogens is 467 g/mol. The molecular formula is C21H37IN4O2. The molecule has 1 aromatic rings. The van der Waals surface area contributed by atoms with E-state index in [0.717, 1.165) is 77.8 Å². The standard InChI is InChI=1S/C21H36N4O2.HI/c1-3-22-21(24-13-8-15-26-17-19-11-16-27-18-19)23-12-7-14-25(2)20-9-5-4-6-10-20;/h4-6,9-10,19H,3,7-8,11-18H2,1-2H3,(H2,22,23,24);1H. The van der Waals surface area contributed by atoms with Crippen molar-refractivity contribution in [3.8, 4) is 0 Å². The second-order valence-electron chi connectivity index (χ2n) is 6.96. The molecule has 1 atom stereocenters. The van der Waals surface area contributed by atoms with Crippen molar-refractivity contribution in [2.24, 2.45) is 10.9 Å². The van der Waals surface area contributed by atoms with Crippen LogP contribution in [0.25, 0.3) is 0 Å². The molecule has 0 saturated carbocycles. The maximum Gasteiger partial charge on any atom is 0.191 e. The Morgan fingerprint density at radius 3 is 2.79 bits per heavy atom. The molecule has 1 heterocycles. The van der Waals surface area contributed by atoms with Crippen molar-refractivity contribution >= 4 is 35.6 Å². The smallest absolute Gasteiger partial charge is 0.191 e. The molecule has 1 fully saturated rings. The van der Waals surface area contributed by atoms with Crippen LogP contribution in [0.15, 0.2) is 35.3 Å². The summed E-state index contributed by atoms with van der Waals surface area (Å²) in [7, 11) is 2.13. The summed E-state index contributed by atoms with van der Waals surface area (Å²) in [6.45, 7) is 8.98. The fraction of sp³-hybridized carbons (Fsp3) is 0.667. The van der Waals surface area contributed by atoms with E-state index in [1.54, 1.807) is 0 Å². The van der Waals surface area contributed by atoms with Gasteiger partial charge in [0.2, 0.25) is 0 Å². The van der Waals surface area contributed by atoms with Gasteiger partial charge in [0, 0.05) is 58.0 Å². The summed E-state index contributed by atoms with van der Waals surface area (Å²) >= 11 is 0. The first-order valence-electron chi connectivity index (χ1n) is 10.2. The number of hydrogen-bond acceptors (Lipinski definition) is 4. The number of nitrogens with one attached hydrogen (secondary N) is 2. The molecule has 0 radical (unpaired) electrons. The van der Waals surface area contributed by atoms with Gasteiger partial charge in [-0.05, 0) is 38.3 Å². The number of anilines is 1. The van der Waals surface area contributed by atoms with E-state index < -0.39 is 0 Å². The summed E-state index contributed by atoms with van der Waals surface area (Å²) in [5.41, 5.74) is 1.25. The van der Waals surface area contributed by atoms with Crippen LogP contribution in [0.4, 0.5) is 5.69 Å². The van der Waals surface area contributed by atoms with E-state index >= 15 is 0 Å². The first kappa shape index (κ1) is 25.0. The van der Waals surface area contributed by atoms with Crippen molar-refractivity contribution in [1.82, 2.24) is 10.6 Å². The third kappa shape index (κ3) is 10.5. The maximum atomic E-state index is 5.74. The molecule has 1 aliphatic rings. The van der Waals surface area contributed by atoms with Crippen LogP contribution in [0.3, 0.4) is 0 Å². The summed E-state index contributed by atoms with van der Waals surface area (Å²) in [4.78, 5) is 6.94. The Morgan fingerprint density at radius 1 is 1.25 bits per heavy atom. The van der Waals surface area contributed by atoms with Crippen molar-refractivity contribution < 1.29 is 9.47 Å². The van der Waals surface area contributed by atoms with Gasteiger partial charge in [-0.15, -0.1) is 24.0 Å². The minimum absolute atomic E-state index is 0. The summed E-state index contributed by atoms with van der Waals surface area (Å²) in [6, 6.07) is 10.5. The van der Waals surface area contributed by atoms with Crippen molar-refractivity contribution in [1.29, 1.82) is 0 Å². The zero-order valence-corrected chi connectivity index (χ0v) is 19.7. The van der Waals surface area contributed by atoms with E-state index in [2.05, 4.69) is 58.8 Å². The van der Waals surface area contributed by atoms with Gasteiger partial charge in [0.15, 0.2) is 5.96 Å². The van der Waals surface area contributed by atoms with Crippen LogP contribution in [-0.4, -0.2) is 65.6 Å². The quantitative estimate of drug-likeness (QED) is 0.198. The number of halogens is 1. The lowest BCUT2D eigenvalue weighted by atomic mass is 10.1. The van der Waals surface area contributed by atoms with Gasteiger partial charge in [-0.2, -0.15) is 0 Å². The predicted octanol–water partition coefficient (Wildman–Crippen LogP) is 3.13. The van der Waals surface area contributed by atoms with Crippen LogP contribution in [-0.2, 0) is 9.47 Å². The van der Waals surface area contributed by atoms with E-state index in [1.807, 2.05) is 6.07 Å². The molecule has 0 bridgehead atoms. The summed E-state index contributed by atoms with van der Waals surface area (Å²) in [6.07, 6.45) is 3.14. The van der Waals surface area contributed by atoms with E-state index in [9.17, 15) is 0 Å². The van der Waals surface area contributed by atoms with Gasteiger partial charge in [-0.1, -0.05) is 18.2 Å². The molecule has 1 unspecified atom stereocenters. The molecule has 0 aliphatic carbocycles. The molecule has 0 spiro atoms. The number of ether oxygens (including phenoxy) is 2. The lowest BCUT2D eigenvalue weighted by Gasteiger charge is -2.18. The summed E-state index contributed by atoms with van der Waals surface area (Å²) < 4.78 is 11.1. The minimum atomic E-state index is 0. The second kappa shape index (κ2) is 15.8. The second-order valence-corrected chi connectivity index (χ2v) is 6.96. The van der Waals surface area contributed by atoms with Crippen molar-refractivity contribution in [2.45, 2.75) is 26.2 Å². The zero-order chi connectivity index (χ0) is 19.2. The average molecular weight is 504 g/mol. The van der Waals surface area contributed by atoms with Gasteiger partial charge in [0.25, 0.3) is 0 Å². The fourth-order valence-electron chi connectivity index (χ4n) is 3.00. The van der Waals surface area contributed by atoms with E-state index in [-0.39, 0.29) is 24.0 Å². The molecule has 2 rings (SSSR count). The minimum Gasteiger partial charge on any atom is -0.381 e. The van der Waals surface area contributed by atoms with Gasteiger partial charge < -0.3 is 25.0 Å². The lowest BCUT2D eigenvalue weighted by Crippen LogP contribution is -2.38. The highest BCUT2D eigenvalue weighted by Crippen LogP contribution is 2.12. The van der Waals surface area contributed by atoms with Crippen LogP contribution in [0.5, 0.6) is 0 Å². The first-order chi connectivity index (χ1) is 13.3. The number of benzene rings is 1. The van der Waals surface area contributed by atoms with E-state index in [0.29, 0.717) is 5.92 Å².